The third-order valence-corrected chi connectivity index (χ3v) is 3.34. The topological polar surface area (TPSA) is 42.4 Å². The summed E-state index contributed by atoms with van der Waals surface area (Å²) < 4.78 is 5.46. The first kappa shape index (κ1) is 13.7. The number of hydrogen-bond donors (Lipinski definition) is 1. The summed E-state index contributed by atoms with van der Waals surface area (Å²) in [6, 6.07) is 10.4. The van der Waals surface area contributed by atoms with E-state index in [4.69, 9.17) is 10.2 Å². The van der Waals surface area contributed by atoms with Gasteiger partial charge in [0, 0.05) is 18.8 Å². The molecule has 1 heterocycles. The quantitative estimate of drug-likeness (QED) is 0.865. The van der Waals surface area contributed by atoms with E-state index >= 15 is 0 Å². The van der Waals surface area contributed by atoms with E-state index in [1.165, 1.54) is 16.8 Å². The lowest BCUT2D eigenvalue weighted by atomic mass is 10.0. The summed E-state index contributed by atoms with van der Waals surface area (Å²) in [5.74, 6) is 0.971. The van der Waals surface area contributed by atoms with E-state index in [-0.39, 0.29) is 0 Å². The number of hydrogen-bond acceptors (Lipinski definition) is 3. The molecule has 1 aromatic heterocycles. The van der Waals surface area contributed by atoms with Crippen molar-refractivity contribution in [2.45, 2.75) is 26.8 Å². The van der Waals surface area contributed by atoms with Crippen LogP contribution in [0.5, 0.6) is 0 Å². The lowest BCUT2D eigenvalue weighted by Crippen LogP contribution is -2.30. The van der Waals surface area contributed by atoms with Gasteiger partial charge in [-0.25, -0.2) is 0 Å². The van der Waals surface area contributed by atoms with Crippen molar-refractivity contribution in [2.24, 2.45) is 5.73 Å². The van der Waals surface area contributed by atoms with Crippen molar-refractivity contribution in [1.29, 1.82) is 0 Å². The first-order chi connectivity index (χ1) is 9.26. The van der Waals surface area contributed by atoms with Crippen LogP contribution >= 0.6 is 0 Å². The van der Waals surface area contributed by atoms with Crippen molar-refractivity contribution < 1.29 is 4.42 Å². The predicted molar refractivity (Wildman–Crippen MR) is 79.4 cm³/mol. The van der Waals surface area contributed by atoms with E-state index in [2.05, 4.69) is 36.9 Å². The number of furan rings is 1. The van der Waals surface area contributed by atoms with E-state index in [0.717, 1.165) is 25.3 Å². The molecule has 0 aliphatic rings. The van der Waals surface area contributed by atoms with E-state index in [1.54, 1.807) is 6.26 Å². The fraction of sp³-hybridized carbons (Fsp3) is 0.375. The Morgan fingerprint density at radius 3 is 2.68 bits per heavy atom. The van der Waals surface area contributed by atoms with Crippen molar-refractivity contribution in [1.82, 2.24) is 0 Å². The molecule has 2 aromatic rings. The summed E-state index contributed by atoms with van der Waals surface area (Å²) in [5, 5.41) is 0. The second-order valence-corrected chi connectivity index (χ2v) is 4.73. The standard InChI is InChI=1S/C16H22N2O/c1-3-14-7-4-6-13(2)16(14)18(10-9-17)12-15-8-5-11-19-15/h4-8,11H,3,9-10,12,17H2,1-2H3. The Labute approximate surface area is 115 Å². The molecule has 19 heavy (non-hydrogen) atoms. The van der Waals surface area contributed by atoms with Crippen molar-refractivity contribution in [3.05, 3.63) is 53.5 Å². The van der Waals surface area contributed by atoms with Crippen LogP contribution in [0.2, 0.25) is 0 Å². The highest BCUT2D eigenvalue weighted by molar-refractivity contribution is 5.59. The summed E-state index contributed by atoms with van der Waals surface area (Å²) in [4.78, 5) is 2.31. The summed E-state index contributed by atoms with van der Waals surface area (Å²) in [6.45, 7) is 6.57. The van der Waals surface area contributed by atoms with Crippen LogP contribution in [0.4, 0.5) is 5.69 Å². The van der Waals surface area contributed by atoms with E-state index in [0.29, 0.717) is 6.54 Å². The molecule has 0 bridgehead atoms. The average Bonchev–Trinajstić information content (AvgIpc) is 2.91. The van der Waals surface area contributed by atoms with Crippen molar-refractivity contribution in [3.8, 4) is 0 Å². The van der Waals surface area contributed by atoms with Gasteiger partial charge in [-0.1, -0.05) is 25.1 Å². The SMILES string of the molecule is CCc1cccc(C)c1N(CCN)Cc1ccco1. The van der Waals surface area contributed by atoms with Gasteiger partial charge < -0.3 is 15.1 Å². The molecule has 0 fully saturated rings. The maximum atomic E-state index is 5.77. The molecule has 0 aliphatic heterocycles. The van der Waals surface area contributed by atoms with Crippen LogP contribution in [0, 0.1) is 6.92 Å². The molecule has 0 spiro atoms. The first-order valence-electron chi connectivity index (χ1n) is 6.82. The van der Waals surface area contributed by atoms with Gasteiger partial charge in [0.15, 0.2) is 0 Å². The Kier molecular flexibility index (Phi) is 4.63. The molecule has 1 aromatic carbocycles. The smallest absolute Gasteiger partial charge is 0.123 e. The molecule has 102 valence electrons. The van der Waals surface area contributed by atoms with Gasteiger partial charge in [0.25, 0.3) is 0 Å². The molecule has 0 saturated heterocycles. The van der Waals surface area contributed by atoms with Crippen molar-refractivity contribution in [3.63, 3.8) is 0 Å². The van der Waals surface area contributed by atoms with Gasteiger partial charge in [-0.05, 0) is 36.6 Å². The van der Waals surface area contributed by atoms with Crippen LogP contribution in [0.15, 0.2) is 41.0 Å². The van der Waals surface area contributed by atoms with Gasteiger partial charge in [-0.15, -0.1) is 0 Å². The lowest BCUT2D eigenvalue weighted by molar-refractivity contribution is 0.502. The molecule has 0 aliphatic carbocycles. The number of rotatable bonds is 6. The number of nitrogens with two attached hydrogens (primary N) is 1. The Hall–Kier alpha value is -1.74. The maximum absolute atomic E-state index is 5.77. The molecule has 3 heteroatoms. The van der Waals surface area contributed by atoms with Gasteiger partial charge >= 0.3 is 0 Å². The normalized spacial score (nSPS) is 10.7. The Balaban J connectivity index is 2.33. The zero-order valence-electron chi connectivity index (χ0n) is 11.7. The Bertz CT molecular complexity index is 505. The number of nitrogens with zero attached hydrogens (tertiary/aromatic N) is 1. The second kappa shape index (κ2) is 6.43. The minimum absolute atomic E-state index is 0.637. The fourth-order valence-corrected chi connectivity index (χ4v) is 2.47. The zero-order valence-corrected chi connectivity index (χ0v) is 11.7. The van der Waals surface area contributed by atoms with Crippen LogP contribution < -0.4 is 10.6 Å². The summed E-state index contributed by atoms with van der Waals surface area (Å²) in [5.41, 5.74) is 9.72. The number of benzene rings is 1. The number of aryl methyl sites for hydroxylation is 2. The molecule has 3 nitrogen and oxygen atoms in total. The third kappa shape index (κ3) is 3.18. The van der Waals surface area contributed by atoms with Crippen LogP contribution in [-0.4, -0.2) is 13.1 Å². The highest BCUT2D eigenvalue weighted by Crippen LogP contribution is 2.27. The van der Waals surface area contributed by atoms with E-state index < -0.39 is 0 Å². The van der Waals surface area contributed by atoms with Crippen molar-refractivity contribution >= 4 is 5.69 Å². The largest absolute Gasteiger partial charge is 0.467 e. The van der Waals surface area contributed by atoms with E-state index in [1.807, 2.05) is 12.1 Å². The molecule has 0 saturated carbocycles. The average molecular weight is 258 g/mol. The molecule has 0 radical (unpaired) electrons. The van der Waals surface area contributed by atoms with Gasteiger partial charge in [-0.2, -0.15) is 0 Å². The van der Waals surface area contributed by atoms with Gasteiger partial charge in [0.2, 0.25) is 0 Å². The van der Waals surface area contributed by atoms with E-state index in [9.17, 15) is 0 Å². The highest BCUT2D eigenvalue weighted by Gasteiger charge is 2.14. The summed E-state index contributed by atoms with van der Waals surface area (Å²) >= 11 is 0. The van der Waals surface area contributed by atoms with Gasteiger partial charge in [-0.3, -0.25) is 0 Å². The van der Waals surface area contributed by atoms with Crippen LogP contribution in [0.25, 0.3) is 0 Å². The third-order valence-electron chi connectivity index (χ3n) is 3.34. The second-order valence-electron chi connectivity index (χ2n) is 4.73. The Morgan fingerprint density at radius 1 is 1.21 bits per heavy atom. The van der Waals surface area contributed by atoms with Gasteiger partial charge in [0.05, 0.1) is 12.8 Å². The first-order valence-corrected chi connectivity index (χ1v) is 6.82. The van der Waals surface area contributed by atoms with Crippen LogP contribution in [0.3, 0.4) is 0 Å². The highest BCUT2D eigenvalue weighted by atomic mass is 16.3. The zero-order chi connectivity index (χ0) is 13.7. The molecule has 2 rings (SSSR count). The minimum atomic E-state index is 0.637. The van der Waals surface area contributed by atoms with Crippen LogP contribution in [-0.2, 0) is 13.0 Å². The predicted octanol–water partition coefficient (Wildman–Crippen LogP) is 3.12. The Morgan fingerprint density at radius 2 is 2.05 bits per heavy atom. The fourth-order valence-electron chi connectivity index (χ4n) is 2.47. The summed E-state index contributed by atoms with van der Waals surface area (Å²) in [6.07, 6.45) is 2.74. The molecular weight excluding hydrogens is 236 g/mol. The van der Waals surface area contributed by atoms with Crippen LogP contribution in [0.1, 0.15) is 23.8 Å². The lowest BCUT2D eigenvalue weighted by Gasteiger charge is -2.27. The maximum Gasteiger partial charge on any atom is 0.123 e. The molecule has 2 N–H and O–H groups in total. The molecular formula is C16H22N2O. The number of para-hydroxylation sites is 1. The van der Waals surface area contributed by atoms with Gasteiger partial charge in [0.1, 0.15) is 5.76 Å². The molecule has 0 amide bonds. The monoisotopic (exact) mass is 258 g/mol. The molecule has 0 unspecified atom stereocenters. The minimum Gasteiger partial charge on any atom is -0.467 e. The molecule has 0 atom stereocenters. The number of anilines is 1. The van der Waals surface area contributed by atoms with Crippen molar-refractivity contribution in [2.75, 3.05) is 18.0 Å². The summed E-state index contributed by atoms with van der Waals surface area (Å²) in [7, 11) is 0.